The van der Waals surface area contributed by atoms with Crippen LogP contribution in [0.15, 0.2) is 34.7 Å². The Labute approximate surface area is 143 Å². The second kappa shape index (κ2) is 7.88. The molecule has 0 amide bonds. The number of hydrogen-bond acceptors (Lipinski definition) is 6. The standard InChI is InChI=1S/C18H26N4O2/c1-3-16-12-21(9-10-22(16)11-14(2)23)13-17-19-20-18(24-17)15-7-5-4-6-8-15/h4-8,14,16,23H,3,9-13H2,1-2H3. The number of piperazine rings is 1. The van der Waals surface area contributed by atoms with E-state index in [0.717, 1.165) is 38.2 Å². The number of aromatic nitrogens is 2. The molecule has 1 saturated heterocycles. The minimum atomic E-state index is -0.282. The van der Waals surface area contributed by atoms with Crippen molar-refractivity contribution in [1.82, 2.24) is 20.0 Å². The second-order valence-corrected chi connectivity index (χ2v) is 6.51. The van der Waals surface area contributed by atoms with Gasteiger partial charge in [-0.25, -0.2) is 0 Å². The maximum Gasteiger partial charge on any atom is 0.247 e. The lowest BCUT2D eigenvalue weighted by atomic mass is 10.1. The summed E-state index contributed by atoms with van der Waals surface area (Å²) >= 11 is 0. The van der Waals surface area contributed by atoms with Crippen LogP contribution in [0.1, 0.15) is 26.2 Å². The average molecular weight is 330 g/mol. The number of hydrogen-bond donors (Lipinski definition) is 1. The van der Waals surface area contributed by atoms with Crippen LogP contribution >= 0.6 is 0 Å². The molecule has 0 aliphatic carbocycles. The van der Waals surface area contributed by atoms with E-state index in [1.165, 1.54) is 0 Å². The van der Waals surface area contributed by atoms with Crippen LogP contribution < -0.4 is 0 Å². The van der Waals surface area contributed by atoms with E-state index in [0.29, 0.717) is 24.4 Å². The van der Waals surface area contributed by atoms with Gasteiger partial charge in [0.05, 0.1) is 12.6 Å². The molecule has 2 heterocycles. The summed E-state index contributed by atoms with van der Waals surface area (Å²) in [5.41, 5.74) is 0.949. The molecule has 1 aromatic carbocycles. The zero-order chi connectivity index (χ0) is 16.9. The molecule has 6 nitrogen and oxygen atoms in total. The van der Waals surface area contributed by atoms with Crippen LogP contribution in [-0.4, -0.2) is 63.4 Å². The van der Waals surface area contributed by atoms with Crippen LogP contribution in [0, 0.1) is 0 Å². The van der Waals surface area contributed by atoms with Gasteiger partial charge in [-0.15, -0.1) is 10.2 Å². The van der Waals surface area contributed by atoms with Crippen molar-refractivity contribution in [1.29, 1.82) is 0 Å². The van der Waals surface area contributed by atoms with Gasteiger partial charge in [-0.3, -0.25) is 9.80 Å². The molecule has 0 bridgehead atoms. The fourth-order valence-electron chi connectivity index (χ4n) is 3.27. The third-order valence-corrected chi connectivity index (χ3v) is 4.51. The Balaban J connectivity index is 1.60. The molecular weight excluding hydrogens is 304 g/mol. The van der Waals surface area contributed by atoms with Crippen LogP contribution in [0.3, 0.4) is 0 Å². The highest BCUT2D eigenvalue weighted by atomic mass is 16.4. The van der Waals surface area contributed by atoms with Crippen molar-refractivity contribution >= 4 is 0 Å². The maximum atomic E-state index is 9.64. The molecule has 0 radical (unpaired) electrons. The smallest absolute Gasteiger partial charge is 0.247 e. The first kappa shape index (κ1) is 17.1. The number of benzene rings is 1. The van der Waals surface area contributed by atoms with Crippen molar-refractivity contribution < 1.29 is 9.52 Å². The van der Waals surface area contributed by atoms with E-state index >= 15 is 0 Å². The summed E-state index contributed by atoms with van der Waals surface area (Å²) < 4.78 is 5.82. The Morgan fingerprint density at radius 3 is 2.75 bits per heavy atom. The molecule has 6 heteroatoms. The normalized spacial score (nSPS) is 21.0. The van der Waals surface area contributed by atoms with E-state index < -0.39 is 0 Å². The summed E-state index contributed by atoms with van der Waals surface area (Å²) in [6.45, 7) is 8.34. The zero-order valence-corrected chi connectivity index (χ0v) is 14.4. The highest BCUT2D eigenvalue weighted by molar-refractivity contribution is 5.51. The lowest BCUT2D eigenvalue weighted by molar-refractivity contribution is 0.0309. The van der Waals surface area contributed by atoms with Crippen LogP contribution in [0.25, 0.3) is 11.5 Å². The summed E-state index contributed by atoms with van der Waals surface area (Å²) in [6.07, 6.45) is 0.789. The first-order chi connectivity index (χ1) is 11.7. The molecule has 2 aromatic rings. The van der Waals surface area contributed by atoms with Crippen LogP contribution in [-0.2, 0) is 6.54 Å². The largest absolute Gasteiger partial charge is 0.419 e. The minimum Gasteiger partial charge on any atom is -0.419 e. The van der Waals surface area contributed by atoms with Crippen molar-refractivity contribution in [2.24, 2.45) is 0 Å². The van der Waals surface area contributed by atoms with Crippen molar-refractivity contribution in [3.8, 4) is 11.5 Å². The van der Waals surface area contributed by atoms with Crippen molar-refractivity contribution in [2.75, 3.05) is 26.2 Å². The van der Waals surface area contributed by atoms with E-state index in [2.05, 4.69) is 26.9 Å². The number of aliphatic hydroxyl groups excluding tert-OH is 1. The molecule has 2 atom stereocenters. The topological polar surface area (TPSA) is 65.6 Å². The molecule has 24 heavy (non-hydrogen) atoms. The van der Waals surface area contributed by atoms with Gasteiger partial charge in [-0.1, -0.05) is 25.1 Å². The molecule has 1 N–H and O–H groups in total. The molecular formula is C18H26N4O2. The summed E-state index contributed by atoms with van der Waals surface area (Å²) in [5.74, 6) is 1.23. The summed E-state index contributed by atoms with van der Waals surface area (Å²) in [7, 11) is 0. The fraction of sp³-hybridized carbons (Fsp3) is 0.556. The molecule has 2 unspecified atom stereocenters. The van der Waals surface area contributed by atoms with Crippen LogP contribution in [0.4, 0.5) is 0 Å². The molecule has 1 aliphatic rings. The first-order valence-electron chi connectivity index (χ1n) is 8.68. The molecule has 1 aliphatic heterocycles. The first-order valence-corrected chi connectivity index (χ1v) is 8.68. The third-order valence-electron chi connectivity index (χ3n) is 4.51. The van der Waals surface area contributed by atoms with E-state index in [4.69, 9.17) is 4.42 Å². The zero-order valence-electron chi connectivity index (χ0n) is 14.4. The molecule has 1 aromatic heterocycles. The summed E-state index contributed by atoms with van der Waals surface area (Å²) in [5, 5.41) is 18.0. The van der Waals surface area contributed by atoms with Gasteiger partial charge in [0.15, 0.2) is 0 Å². The Hall–Kier alpha value is -1.76. The Morgan fingerprint density at radius 1 is 1.25 bits per heavy atom. The number of rotatable bonds is 6. The predicted molar refractivity (Wildman–Crippen MR) is 92.3 cm³/mol. The summed E-state index contributed by atoms with van der Waals surface area (Å²) in [6, 6.07) is 10.3. The SMILES string of the molecule is CCC1CN(Cc2nnc(-c3ccccc3)o2)CCN1CC(C)O. The van der Waals surface area contributed by atoms with E-state index in [1.807, 2.05) is 37.3 Å². The quantitative estimate of drug-likeness (QED) is 0.874. The predicted octanol–water partition coefficient (Wildman–Crippen LogP) is 2.01. The van der Waals surface area contributed by atoms with E-state index in [9.17, 15) is 5.11 Å². The van der Waals surface area contributed by atoms with Gasteiger partial charge in [0.25, 0.3) is 0 Å². The Morgan fingerprint density at radius 2 is 2.04 bits per heavy atom. The van der Waals surface area contributed by atoms with Gasteiger partial charge >= 0.3 is 0 Å². The number of nitrogens with zero attached hydrogens (tertiary/aromatic N) is 4. The van der Waals surface area contributed by atoms with Gasteiger partial charge in [0.1, 0.15) is 0 Å². The van der Waals surface area contributed by atoms with E-state index in [-0.39, 0.29) is 6.10 Å². The maximum absolute atomic E-state index is 9.64. The molecule has 0 saturated carbocycles. The average Bonchev–Trinajstić information content (AvgIpc) is 3.05. The highest BCUT2D eigenvalue weighted by Gasteiger charge is 2.27. The Bertz CT molecular complexity index is 629. The molecule has 3 rings (SSSR count). The van der Waals surface area contributed by atoms with E-state index in [1.54, 1.807) is 0 Å². The van der Waals surface area contributed by atoms with Gasteiger partial charge in [0.2, 0.25) is 11.8 Å². The number of β-amino-alcohol motifs (C(OH)–C–C–N with tert-alkyl or cyclic N) is 1. The lowest BCUT2D eigenvalue weighted by Crippen LogP contribution is -2.54. The molecule has 0 spiro atoms. The van der Waals surface area contributed by atoms with Gasteiger partial charge < -0.3 is 9.52 Å². The van der Waals surface area contributed by atoms with Crippen molar-refractivity contribution in [3.05, 3.63) is 36.2 Å². The van der Waals surface area contributed by atoms with Gasteiger partial charge in [-0.2, -0.15) is 0 Å². The van der Waals surface area contributed by atoms with Crippen LogP contribution in [0.2, 0.25) is 0 Å². The molecule has 1 fully saturated rings. The Kier molecular flexibility index (Phi) is 5.60. The van der Waals surface area contributed by atoms with Gasteiger partial charge in [-0.05, 0) is 25.5 Å². The van der Waals surface area contributed by atoms with Crippen molar-refractivity contribution in [2.45, 2.75) is 39.0 Å². The minimum absolute atomic E-state index is 0.282. The highest BCUT2D eigenvalue weighted by Crippen LogP contribution is 2.19. The monoisotopic (exact) mass is 330 g/mol. The van der Waals surface area contributed by atoms with Crippen LogP contribution in [0.5, 0.6) is 0 Å². The molecule has 130 valence electrons. The third kappa shape index (κ3) is 4.20. The number of aliphatic hydroxyl groups is 1. The fourth-order valence-corrected chi connectivity index (χ4v) is 3.27. The lowest BCUT2D eigenvalue weighted by Gasteiger charge is -2.41. The van der Waals surface area contributed by atoms with Gasteiger partial charge in [0, 0.05) is 37.8 Å². The summed E-state index contributed by atoms with van der Waals surface area (Å²) in [4.78, 5) is 4.74. The second-order valence-electron chi connectivity index (χ2n) is 6.51. The van der Waals surface area contributed by atoms with Crippen molar-refractivity contribution in [3.63, 3.8) is 0 Å².